The fraction of sp³-hybridized carbons (Fsp3) is 0.400. The number of fused-ring (bicyclic) bond motifs is 2. The summed E-state index contributed by atoms with van der Waals surface area (Å²) in [6, 6.07) is 15.0. The number of urea groups is 1. The lowest BCUT2D eigenvalue weighted by Crippen LogP contribution is -2.49. The number of benzene rings is 2. The number of rotatable bonds is 8. The van der Waals surface area contributed by atoms with E-state index >= 15 is 0 Å². The van der Waals surface area contributed by atoms with E-state index in [9.17, 15) is 27.6 Å². The quantitative estimate of drug-likeness (QED) is 0.173. The van der Waals surface area contributed by atoms with Gasteiger partial charge in [-0.05, 0) is 87.9 Å². The summed E-state index contributed by atoms with van der Waals surface area (Å²) in [5.74, 6) is -0.376. The molecule has 0 spiro atoms. The van der Waals surface area contributed by atoms with E-state index in [-0.39, 0.29) is 24.1 Å². The molecule has 15 heteroatoms. The van der Waals surface area contributed by atoms with Gasteiger partial charge in [0.15, 0.2) is 0 Å². The first kappa shape index (κ1) is 36.4. The summed E-state index contributed by atoms with van der Waals surface area (Å²) in [5, 5.41) is 12.7. The van der Waals surface area contributed by atoms with Crippen molar-refractivity contribution < 1.29 is 27.6 Å². The number of halogens is 3. The van der Waals surface area contributed by atoms with Crippen LogP contribution in [-0.2, 0) is 11.0 Å². The molecule has 0 bridgehead atoms. The molecule has 2 aromatic carbocycles. The van der Waals surface area contributed by atoms with Crippen LogP contribution < -0.4 is 20.4 Å². The molecule has 3 fully saturated rings. The lowest BCUT2D eigenvalue weighted by molar-refractivity contribution is -0.141. The molecule has 3 aliphatic rings. The second-order valence-corrected chi connectivity index (χ2v) is 14.9. The number of aromatic nitrogens is 4. The summed E-state index contributed by atoms with van der Waals surface area (Å²) in [7, 11) is 2.24. The number of alkyl halides is 3. The van der Waals surface area contributed by atoms with Crippen LogP contribution in [0.5, 0.6) is 0 Å². The number of piperidine rings is 1. The first-order valence-corrected chi connectivity index (χ1v) is 18.8. The molecule has 4 amide bonds. The molecule has 2 saturated heterocycles. The molecule has 0 unspecified atom stereocenters. The number of anilines is 3. The van der Waals surface area contributed by atoms with Crippen LogP contribution in [0.2, 0.25) is 0 Å². The van der Waals surface area contributed by atoms with E-state index in [2.05, 4.69) is 43.5 Å². The van der Waals surface area contributed by atoms with E-state index in [1.54, 1.807) is 29.3 Å². The van der Waals surface area contributed by atoms with Crippen molar-refractivity contribution in [3.63, 3.8) is 0 Å². The van der Waals surface area contributed by atoms with Gasteiger partial charge in [-0.1, -0.05) is 18.2 Å². The van der Waals surface area contributed by atoms with E-state index in [0.29, 0.717) is 29.9 Å². The Morgan fingerprint density at radius 3 is 2.47 bits per heavy atom. The average molecular weight is 754 g/mol. The van der Waals surface area contributed by atoms with Gasteiger partial charge in [-0.25, -0.2) is 9.78 Å². The van der Waals surface area contributed by atoms with Gasteiger partial charge in [-0.15, -0.1) is 0 Å². The highest BCUT2D eigenvalue weighted by atomic mass is 19.4. The maximum atomic E-state index is 13.1. The SMILES string of the molecule is CN(C[C@H]1CC[C@H](n2cc3cc(NC(=O)c4cccc(C(F)(F)F)n4)ccc3n2)CC1)C1CCN(c2cccc3c(N4CCC(=O)NC4=O)cncc23)CC1. The van der Waals surface area contributed by atoms with Crippen LogP contribution in [0.1, 0.15) is 67.2 Å². The summed E-state index contributed by atoms with van der Waals surface area (Å²) < 4.78 is 41.3. The highest BCUT2D eigenvalue weighted by molar-refractivity contribution is 6.11. The Bertz CT molecular complexity index is 2240. The average Bonchev–Trinajstić information content (AvgIpc) is 3.61. The second-order valence-electron chi connectivity index (χ2n) is 14.9. The topological polar surface area (TPSA) is 129 Å². The molecular formula is C40H42F3N9O3. The van der Waals surface area contributed by atoms with Crippen LogP contribution in [0.3, 0.4) is 0 Å². The first-order chi connectivity index (χ1) is 26.5. The zero-order valence-corrected chi connectivity index (χ0v) is 30.4. The van der Waals surface area contributed by atoms with Gasteiger partial charge in [0, 0.05) is 78.6 Å². The monoisotopic (exact) mass is 753 g/mol. The third-order valence-corrected chi connectivity index (χ3v) is 11.3. The molecule has 0 atom stereocenters. The minimum atomic E-state index is -4.63. The standard InChI is InChI=1S/C40H42F3N9O3/c1-49(28-14-17-50(18-15-28)34-6-2-4-30-31(34)21-44-22-35(30)51-19-16-37(53)47-39(51)55)23-25-8-11-29(12-9-25)52-24-26-20-27(10-13-32(26)48-52)45-38(54)33-5-3-7-36(46-33)40(41,42)43/h2-7,10,13,20-22,24-25,28-29H,8-9,11-12,14-19,23H2,1H3,(H,45,54)(H,47,53,55)/t25-,29-. The molecule has 2 N–H and O–H groups in total. The Labute approximate surface area is 315 Å². The second kappa shape index (κ2) is 14.9. The number of carbonyl (C=O) groups is 3. The van der Waals surface area contributed by atoms with E-state index in [1.165, 1.54) is 12.1 Å². The molecule has 0 radical (unpaired) electrons. The number of nitrogens with zero attached hydrogens (tertiary/aromatic N) is 7. The summed E-state index contributed by atoms with van der Waals surface area (Å²) in [5.41, 5.74) is 1.65. The number of nitrogens with one attached hydrogen (secondary N) is 2. The van der Waals surface area contributed by atoms with E-state index in [1.807, 2.05) is 29.2 Å². The van der Waals surface area contributed by atoms with Crippen LogP contribution in [0.25, 0.3) is 21.7 Å². The molecule has 12 nitrogen and oxygen atoms in total. The van der Waals surface area contributed by atoms with Crippen LogP contribution in [0, 0.1) is 5.92 Å². The number of imide groups is 1. The summed E-state index contributed by atoms with van der Waals surface area (Å²) in [6.45, 7) is 3.22. The lowest BCUT2D eigenvalue weighted by Gasteiger charge is -2.40. The van der Waals surface area contributed by atoms with E-state index in [0.717, 1.165) is 91.6 Å². The Balaban J connectivity index is 0.835. The van der Waals surface area contributed by atoms with Gasteiger partial charge in [0.25, 0.3) is 5.91 Å². The Morgan fingerprint density at radius 2 is 1.71 bits per heavy atom. The van der Waals surface area contributed by atoms with Crippen LogP contribution in [-0.4, -0.2) is 81.8 Å². The molecule has 286 valence electrons. The number of carbonyl (C=O) groups excluding carboxylic acids is 3. The van der Waals surface area contributed by atoms with Gasteiger partial charge >= 0.3 is 12.2 Å². The highest BCUT2D eigenvalue weighted by Gasteiger charge is 2.33. The van der Waals surface area contributed by atoms with Crippen molar-refractivity contribution in [3.05, 3.63) is 84.6 Å². The molecule has 3 aromatic heterocycles. The molecule has 1 aliphatic carbocycles. The fourth-order valence-electron chi connectivity index (χ4n) is 8.37. The van der Waals surface area contributed by atoms with Crippen molar-refractivity contribution in [2.45, 2.75) is 63.2 Å². The van der Waals surface area contributed by atoms with Crippen molar-refractivity contribution in [2.24, 2.45) is 5.92 Å². The summed E-state index contributed by atoms with van der Waals surface area (Å²) >= 11 is 0. The van der Waals surface area contributed by atoms with Gasteiger partial charge in [-0.3, -0.25) is 29.5 Å². The zero-order valence-electron chi connectivity index (χ0n) is 30.4. The number of hydrogen-bond donors (Lipinski definition) is 2. The molecule has 5 aromatic rings. The molecule has 8 rings (SSSR count). The van der Waals surface area contributed by atoms with E-state index < -0.39 is 23.8 Å². The Hall–Kier alpha value is -5.57. The van der Waals surface area contributed by atoms with E-state index in [4.69, 9.17) is 5.10 Å². The van der Waals surface area contributed by atoms with Crippen molar-refractivity contribution in [1.82, 2.24) is 30.0 Å². The van der Waals surface area contributed by atoms with Crippen LogP contribution in [0.15, 0.2) is 73.2 Å². The molecule has 55 heavy (non-hydrogen) atoms. The van der Waals surface area contributed by atoms with Crippen molar-refractivity contribution >= 4 is 56.6 Å². The van der Waals surface area contributed by atoms with Crippen molar-refractivity contribution in [3.8, 4) is 0 Å². The van der Waals surface area contributed by atoms with Crippen LogP contribution >= 0.6 is 0 Å². The third kappa shape index (κ3) is 7.70. The summed E-state index contributed by atoms with van der Waals surface area (Å²) in [4.78, 5) is 51.5. The van der Waals surface area contributed by atoms with Crippen molar-refractivity contribution in [1.29, 1.82) is 0 Å². The number of hydrogen-bond acceptors (Lipinski definition) is 8. The summed E-state index contributed by atoms with van der Waals surface area (Å²) in [6.07, 6.45) is 7.50. The lowest BCUT2D eigenvalue weighted by atomic mass is 9.85. The zero-order chi connectivity index (χ0) is 38.3. The van der Waals surface area contributed by atoms with Gasteiger partial charge < -0.3 is 15.1 Å². The molecule has 5 heterocycles. The highest BCUT2D eigenvalue weighted by Crippen LogP contribution is 2.37. The number of amides is 4. The third-order valence-electron chi connectivity index (χ3n) is 11.3. The van der Waals surface area contributed by atoms with Crippen molar-refractivity contribution in [2.75, 3.05) is 48.3 Å². The first-order valence-electron chi connectivity index (χ1n) is 18.8. The normalized spacial score (nSPS) is 20.0. The van der Waals surface area contributed by atoms with Gasteiger partial charge in [-0.2, -0.15) is 18.3 Å². The minimum Gasteiger partial charge on any atom is -0.371 e. The molecule has 2 aliphatic heterocycles. The minimum absolute atomic E-state index is 0.260. The van der Waals surface area contributed by atoms with Gasteiger partial charge in [0.05, 0.1) is 23.4 Å². The molecule has 1 saturated carbocycles. The molecular weight excluding hydrogens is 711 g/mol. The largest absolute Gasteiger partial charge is 0.433 e. The Morgan fingerprint density at radius 1 is 0.927 bits per heavy atom. The maximum Gasteiger partial charge on any atom is 0.433 e. The predicted octanol–water partition coefficient (Wildman–Crippen LogP) is 7.03. The van der Waals surface area contributed by atoms with Gasteiger partial charge in [0.2, 0.25) is 5.91 Å². The smallest absolute Gasteiger partial charge is 0.371 e. The maximum absolute atomic E-state index is 13.1. The Kier molecular flexibility index (Phi) is 9.88. The van der Waals surface area contributed by atoms with Crippen LogP contribution in [0.4, 0.5) is 35.0 Å². The predicted molar refractivity (Wildman–Crippen MR) is 203 cm³/mol. The number of pyridine rings is 2. The fourth-order valence-corrected chi connectivity index (χ4v) is 8.37. The van der Waals surface area contributed by atoms with Gasteiger partial charge in [0.1, 0.15) is 11.4 Å².